The van der Waals surface area contributed by atoms with Crippen LogP contribution >= 0.6 is 0 Å². The highest BCUT2D eigenvalue weighted by atomic mass is 19.1. The molecular weight excluding hydrogens is 337 g/mol. The van der Waals surface area contributed by atoms with Crippen LogP contribution in [0.2, 0.25) is 0 Å². The lowest BCUT2D eigenvalue weighted by molar-refractivity contribution is -0.139. The Balaban J connectivity index is 2.21. The van der Waals surface area contributed by atoms with Crippen LogP contribution in [0.3, 0.4) is 0 Å². The second-order valence-electron chi connectivity index (χ2n) is 5.85. The Morgan fingerprint density at radius 2 is 1.77 bits per heavy atom. The molecule has 0 saturated heterocycles. The molecule has 26 heavy (non-hydrogen) atoms. The van der Waals surface area contributed by atoms with Crippen LogP contribution in [0.25, 0.3) is 10.9 Å². The molecule has 0 N–H and O–H groups in total. The van der Waals surface area contributed by atoms with Gasteiger partial charge >= 0.3 is 5.97 Å². The van der Waals surface area contributed by atoms with E-state index in [2.05, 4.69) is 0 Å². The molecule has 1 heterocycles. The van der Waals surface area contributed by atoms with Crippen molar-refractivity contribution in [2.75, 3.05) is 14.2 Å². The molecule has 0 aliphatic heterocycles. The third-order valence-electron chi connectivity index (χ3n) is 4.38. The molecule has 0 spiro atoms. The van der Waals surface area contributed by atoms with Gasteiger partial charge in [-0.2, -0.15) is 0 Å². The number of ether oxygens (including phenoxy) is 2. The maximum absolute atomic E-state index is 13.2. The predicted molar refractivity (Wildman–Crippen MR) is 95.1 cm³/mol. The van der Waals surface area contributed by atoms with Gasteiger partial charge in [-0.1, -0.05) is 0 Å². The van der Waals surface area contributed by atoms with Crippen molar-refractivity contribution in [3.8, 4) is 5.75 Å². The van der Waals surface area contributed by atoms with Crippen LogP contribution in [0, 0.1) is 12.7 Å². The van der Waals surface area contributed by atoms with Crippen LogP contribution in [-0.4, -0.2) is 30.7 Å². The molecule has 0 saturated carbocycles. The highest BCUT2D eigenvalue weighted by Crippen LogP contribution is 2.30. The molecule has 0 unspecified atom stereocenters. The van der Waals surface area contributed by atoms with Gasteiger partial charge in [-0.25, -0.2) is 4.39 Å². The second-order valence-corrected chi connectivity index (χ2v) is 5.85. The molecule has 0 atom stereocenters. The van der Waals surface area contributed by atoms with Crippen LogP contribution in [0.15, 0.2) is 42.5 Å². The number of aromatic nitrogens is 1. The number of methoxy groups -OCH3 is 2. The maximum Gasteiger partial charge on any atom is 0.310 e. The zero-order valence-corrected chi connectivity index (χ0v) is 14.7. The highest BCUT2D eigenvalue weighted by Gasteiger charge is 2.22. The fourth-order valence-corrected chi connectivity index (χ4v) is 3.01. The largest absolute Gasteiger partial charge is 0.497 e. The molecule has 2 aromatic carbocycles. The summed E-state index contributed by atoms with van der Waals surface area (Å²) in [6.07, 6.45) is 0.0374. The first kappa shape index (κ1) is 17.7. The van der Waals surface area contributed by atoms with Crippen molar-refractivity contribution in [3.05, 3.63) is 65.1 Å². The minimum absolute atomic E-state index is 0.0374. The van der Waals surface area contributed by atoms with Crippen molar-refractivity contribution in [1.82, 2.24) is 4.57 Å². The van der Waals surface area contributed by atoms with E-state index in [1.165, 1.54) is 35.9 Å². The molecular formula is C20H18FNO4. The molecule has 3 rings (SSSR count). The van der Waals surface area contributed by atoms with E-state index in [1.807, 2.05) is 0 Å². The van der Waals surface area contributed by atoms with Gasteiger partial charge < -0.3 is 9.47 Å². The summed E-state index contributed by atoms with van der Waals surface area (Å²) < 4.78 is 24.7. The number of rotatable bonds is 4. The lowest BCUT2D eigenvalue weighted by Gasteiger charge is -2.08. The first-order valence-corrected chi connectivity index (χ1v) is 8.01. The average molecular weight is 355 g/mol. The molecule has 5 nitrogen and oxygen atoms in total. The Hall–Kier alpha value is -3.15. The van der Waals surface area contributed by atoms with E-state index in [0.29, 0.717) is 28.1 Å². The van der Waals surface area contributed by atoms with Gasteiger partial charge in [0.05, 0.1) is 26.2 Å². The Morgan fingerprint density at radius 1 is 1.08 bits per heavy atom. The highest BCUT2D eigenvalue weighted by molar-refractivity contribution is 6.04. The third kappa shape index (κ3) is 3.06. The summed E-state index contributed by atoms with van der Waals surface area (Å²) >= 11 is 0. The zero-order chi connectivity index (χ0) is 18.8. The number of nitrogens with zero attached hydrogens (tertiary/aromatic N) is 1. The van der Waals surface area contributed by atoms with Crippen LogP contribution in [-0.2, 0) is 16.0 Å². The summed E-state index contributed by atoms with van der Waals surface area (Å²) in [4.78, 5) is 24.8. The van der Waals surface area contributed by atoms with Crippen LogP contribution < -0.4 is 4.74 Å². The van der Waals surface area contributed by atoms with Gasteiger partial charge in [-0.05, 0) is 55.0 Å². The van der Waals surface area contributed by atoms with E-state index in [1.54, 1.807) is 32.2 Å². The molecule has 0 aliphatic rings. The quantitative estimate of drug-likeness (QED) is 0.672. The molecule has 0 bridgehead atoms. The normalized spacial score (nSPS) is 10.8. The van der Waals surface area contributed by atoms with E-state index in [0.717, 1.165) is 5.39 Å². The van der Waals surface area contributed by atoms with Gasteiger partial charge in [0.25, 0.3) is 5.91 Å². The maximum atomic E-state index is 13.2. The monoisotopic (exact) mass is 355 g/mol. The van der Waals surface area contributed by atoms with Gasteiger partial charge in [0.2, 0.25) is 0 Å². The zero-order valence-electron chi connectivity index (χ0n) is 14.7. The Kier molecular flexibility index (Phi) is 4.75. The number of carbonyl (C=O) groups is 2. The van der Waals surface area contributed by atoms with Gasteiger partial charge in [0, 0.05) is 16.6 Å². The van der Waals surface area contributed by atoms with E-state index in [-0.39, 0.29) is 12.3 Å². The van der Waals surface area contributed by atoms with E-state index in [9.17, 15) is 14.0 Å². The fraction of sp³-hybridized carbons (Fsp3) is 0.200. The van der Waals surface area contributed by atoms with Gasteiger partial charge in [0.15, 0.2) is 0 Å². The molecule has 0 fully saturated rings. The minimum atomic E-state index is -0.410. The van der Waals surface area contributed by atoms with Crippen LogP contribution in [0.1, 0.15) is 21.6 Å². The SMILES string of the molecule is COC(=O)Cc1c(C)n(C(=O)c2ccc(F)cc2)c2ccc(OC)cc12. The Morgan fingerprint density at radius 3 is 2.38 bits per heavy atom. The standard InChI is InChI=1S/C20H18FNO4/c1-12-16(11-19(23)26-3)17-10-15(25-2)8-9-18(17)22(12)20(24)13-4-6-14(21)7-5-13/h4-10H,11H2,1-3H3. The van der Waals surface area contributed by atoms with Crippen molar-refractivity contribution in [1.29, 1.82) is 0 Å². The Labute approximate surface area is 149 Å². The summed E-state index contributed by atoms with van der Waals surface area (Å²) in [6.45, 7) is 1.77. The summed E-state index contributed by atoms with van der Waals surface area (Å²) in [5, 5.41) is 0.739. The molecule has 0 radical (unpaired) electrons. The Bertz CT molecular complexity index is 989. The van der Waals surface area contributed by atoms with Crippen molar-refractivity contribution >= 4 is 22.8 Å². The topological polar surface area (TPSA) is 57.5 Å². The van der Waals surface area contributed by atoms with Crippen molar-refractivity contribution in [2.45, 2.75) is 13.3 Å². The molecule has 3 aromatic rings. The van der Waals surface area contributed by atoms with E-state index in [4.69, 9.17) is 9.47 Å². The third-order valence-corrected chi connectivity index (χ3v) is 4.38. The van der Waals surface area contributed by atoms with Crippen LogP contribution in [0.4, 0.5) is 4.39 Å². The number of benzene rings is 2. The van der Waals surface area contributed by atoms with Gasteiger partial charge in [-0.15, -0.1) is 0 Å². The number of fused-ring (bicyclic) bond motifs is 1. The lowest BCUT2D eigenvalue weighted by atomic mass is 10.1. The van der Waals surface area contributed by atoms with Gasteiger partial charge in [-0.3, -0.25) is 14.2 Å². The smallest absolute Gasteiger partial charge is 0.310 e. The fourth-order valence-electron chi connectivity index (χ4n) is 3.01. The molecule has 6 heteroatoms. The van der Waals surface area contributed by atoms with E-state index >= 15 is 0 Å². The van der Waals surface area contributed by atoms with Crippen molar-refractivity contribution in [3.63, 3.8) is 0 Å². The lowest BCUT2D eigenvalue weighted by Crippen LogP contribution is -2.14. The average Bonchev–Trinajstić information content (AvgIpc) is 2.92. The predicted octanol–water partition coefficient (Wildman–Crippen LogP) is 3.50. The minimum Gasteiger partial charge on any atom is -0.497 e. The summed E-state index contributed by atoms with van der Waals surface area (Å²) in [5.74, 6) is -0.486. The first-order chi connectivity index (χ1) is 12.5. The molecule has 134 valence electrons. The second kappa shape index (κ2) is 7.00. The number of halogens is 1. The molecule has 0 amide bonds. The summed E-state index contributed by atoms with van der Waals surface area (Å²) in [7, 11) is 2.87. The molecule has 1 aromatic heterocycles. The number of esters is 1. The molecule has 0 aliphatic carbocycles. The number of carbonyl (C=O) groups excluding carboxylic acids is 2. The number of hydrogen-bond acceptors (Lipinski definition) is 4. The van der Waals surface area contributed by atoms with E-state index < -0.39 is 11.8 Å². The first-order valence-electron chi connectivity index (χ1n) is 8.01. The van der Waals surface area contributed by atoms with Crippen molar-refractivity contribution < 1.29 is 23.5 Å². The van der Waals surface area contributed by atoms with Gasteiger partial charge in [0.1, 0.15) is 11.6 Å². The van der Waals surface area contributed by atoms with Crippen LogP contribution in [0.5, 0.6) is 5.75 Å². The number of hydrogen-bond donors (Lipinski definition) is 0. The summed E-state index contributed by atoms with van der Waals surface area (Å²) in [6, 6.07) is 10.7. The summed E-state index contributed by atoms with van der Waals surface area (Å²) in [5.41, 5.74) is 2.33. The van der Waals surface area contributed by atoms with Crippen molar-refractivity contribution in [2.24, 2.45) is 0 Å².